The Labute approximate surface area is 161 Å². The predicted octanol–water partition coefficient (Wildman–Crippen LogP) is 2.46. The van der Waals surface area contributed by atoms with E-state index in [2.05, 4.69) is 21.3 Å². The molecular weight excluding hydrogens is 336 g/mol. The number of likely N-dealkylation sites (tertiary alicyclic amines) is 1. The third-order valence-corrected chi connectivity index (χ3v) is 4.86. The molecule has 1 saturated heterocycles. The maximum atomic E-state index is 5.88. The minimum absolute atomic E-state index is 0.667. The van der Waals surface area contributed by atoms with Crippen molar-refractivity contribution < 1.29 is 0 Å². The number of nitrogens with two attached hydrogens (primary N) is 2. The molecule has 144 valence electrons. The normalized spacial score (nSPS) is 15.8. The quantitative estimate of drug-likeness (QED) is 0.468. The molecule has 2 aromatic rings. The van der Waals surface area contributed by atoms with Gasteiger partial charge in [0.15, 0.2) is 0 Å². The molecule has 0 saturated carbocycles. The molecule has 0 aliphatic carbocycles. The van der Waals surface area contributed by atoms with Crippen LogP contribution in [-0.4, -0.2) is 55.4 Å². The zero-order valence-corrected chi connectivity index (χ0v) is 15.9. The summed E-state index contributed by atoms with van der Waals surface area (Å²) in [7, 11) is 0. The highest BCUT2D eigenvalue weighted by Gasteiger charge is 2.10. The summed E-state index contributed by atoms with van der Waals surface area (Å²) in [4.78, 5) is 11.8. The first-order valence-corrected chi connectivity index (χ1v) is 9.80. The van der Waals surface area contributed by atoms with Gasteiger partial charge in [-0.1, -0.05) is 18.2 Å². The molecule has 5 N–H and O–H groups in total. The second-order valence-electron chi connectivity index (χ2n) is 6.85. The van der Waals surface area contributed by atoms with Gasteiger partial charge in [-0.15, -0.1) is 0 Å². The van der Waals surface area contributed by atoms with Crippen LogP contribution in [0.1, 0.15) is 25.0 Å². The van der Waals surface area contributed by atoms with Crippen molar-refractivity contribution in [2.75, 3.05) is 44.6 Å². The number of rotatable bonds is 9. The summed E-state index contributed by atoms with van der Waals surface area (Å²) in [6.45, 7) is 5.67. The first-order chi connectivity index (χ1) is 13.3. The Morgan fingerprint density at radius 2 is 2.07 bits per heavy atom. The van der Waals surface area contributed by atoms with E-state index in [1.807, 2.05) is 30.5 Å². The second kappa shape index (κ2) is 10.0. The SMILES string of the molecule is N/C=C(\C=NCCN1CCCC1)c1cc(NCCCN)c2ccccc2n1. The first kappa shape index (κ1) is 19.3. The number of nitrogens with zero attached hydrogens (tertiary/aromatic N) is 3. The number of fused-ring (bicyclic) bond motifs is 1. The van der Waals surface area contributed by atoms with Crippen LogP contribution < -0.4 is 16.8 Å². The lowest BCUT2D eigenvalue weighted by molar-refractivity contribution is 0.349. The molecule has 6 heteroatoms. The summed E-state index contributed by atoms with van der Waals surface area (Å²) in [6, 6.07) is 10.2. The molecule has 1 aromatic carbocycles. The van der Waals surface area contributed by atoms with E-state index < -0.39 is 0 Å². The Morgan fingerprint density at radius 3 is 2.85 bits per heavy atom. The maximum Gasteiger partial charge on any atom is 0.0760 e. The molecule has 0 unspecified atom stereocenters. The molecule has 0 radical (unpaired) electrons. The zero-order chi connectivity index (χ0) is 18.9. The van der Waals surface area contributed by atoms with Crippen molar-refractivity contribution in [1.82, 2.24) is 9.88 Å². The van der Waals surface area contributed by atoms with Gasteiger partial charge in [-0.3, -0.25) is 4.99 Å². The fraction of sp³-hybridized carbons (Fsp3) is 0.429. The summed E-state index contributed by atoms with van der Waals surface area (Å²) in [6.07, 6.45) is 6.96. The summed E-state index contributed by atoms with van der Waals surface area (Å²) < 4.78 is 0. The largest absolute Gasteiger partial charge is 0.404 e. The lowest BCUT2D eigenvalue weighted by atomic mass is 10.1. The van der Waals surface area contributed by atoms with Gasteiger partial charge in [-0.2, -0.15) is 0 Å². The highest BCUT2D eigenvalue weighted by molar-refractivity contribution is 6.10. The van der Waals surface area contributed by atoms with Crippen molar-refractivity contribution in [2.24, 2.45) is 16.5 Å². The number of benzene rings is 1. The lowest BCUT2D eigenvalue weighted by Crippen LogP contribution is -2.22. The van der Waals surface area contributed by atoms with Gasteiger partial charge < -0.3 is 21.7 Å². The Morgan fingerprint density at radius 1 is 1.26 bits per heavy atom. The standard InChI is InChI=1S/C21H30N6/c22-8-5-9-25-21-14-20(26-19-7-2-1-6-18(19)21)17(15-23)16-24-10-13-27-11-3-4-12-27/h1-2,6-7,14-16H,3-5,8-13,22-23H2,(H,25,26)/b17-15+,24-16?. The molecule has 1 aromatic heterocycles. The summed E-state index contributed by atoms with van der Waals surface area (Å²) in [5.41, 5.74) is 15.2. The Bertz CT molecular complexity index is 792. The third-order valence-electron chi connectivity index (χ3n) is 4.86. The van der Waals surface area contributed by atoms with E-state index >= 15 is 0 Å². The average Bonchev–Trinajstić information content (AvgIpc) is 3.21. The highest BCUT2D eigenvalue weighted by Crippen LogP contribution is 2.25. The van der Waals surface area contributed by atoms with E-state index in [0.717, 1.165) is 53.9 Å². The van der Waals surface area contributed by atoms with Crippen LogP contribution >= 0.6 is 0 Å². The Balaban J connectivity index is 1.76. The first-order valence-electron chi connectivity index (χ1n) is 9.80. The number of hydrogen-bond acceptors (Lipinski definition) is 6. The van der Waals surface area contributed by atoms with E-state index in [9.17, 15) is 0 Å². The number of nitrogens with one attached hydrogen (secondary N) is 1. The van der Waals surface area contributed by atoms with Crippen molar-refractivity contribution >= 4 is 28.4 Å². The van der Waals surface area contributed by atoms with Gasteiger partial charge >= 0.3 is 0 Å². The van der Waals surface area contributed by atoms with Crippen LogP contribution in [0, 0.1) is 0 Å². The molecule has 6 nitrogen and oxygen atoms in total. The van der Waals surface area contributed by atoms with Crippen LogP contribution in [0.2, 0.25) is 0 Å². The third kappa shape index (κ3) is 5.28. The summed E-state index contributed by atoms with van der Waals surface area (Å²) in [5, 5.41) is 4.57. The fourth-order valence-corrected chi connectivity index (χ4v) is 3.36. The van der Waals surface area contributed by atoms with Crippen LogP contribution in [0.3, 0.4) is 0 Å². The number of anilines is 1. The predicted molar refractivity (Wildman–Crippen MR) is 115 cm³/mol. The molecule has 3 rings (SSSR count). The molecule has 1 aliphatic rings. The van der Waals surface area contributed by atoms with Gasteiger partial charge in [0, 0.05) is 42.2 Å². The molecule has 0 atom stereocenters. The van der Waals surface area contributed by atoms with Crippen molar-refractivity contribution in [3.05, 3.63) is 42.2 Å². The number of pyridine rings is 1. The van der Waals surface area contributed by atoms with Crippen LogP contribution in [0.15, 0.2) is 41.5 Å². The molecule has 27 heavy (non-hydrogen) atoms. The van der Waals surface area contributed by atoms with Gasteiger partial charge in [-0.25, -0.2) is 4.98 Å². The van der Waals surface area contributed by atoms with E-state index in [4.69, 9.17) is 16.5 Å². The maximum absolute atomic E-state index is 5.88. The molecule has 2 heterocycles. The molecule has 1 fully saturated rings. The fourth-order valence-electron chi connectivity index (χ4n) is 3.36. The van der Waals surface area contributed by atoms with Crippen molar-refractivity contribution in [2.45, 2.75) is 19.3 Å². The molecule has 1 aliphatic heterocycles. The summed E-state index contributed by atoms with van der Waals surface area (Å²) >= 11 is 0. The minimum Gasteiger partial charge on any atom is -0.404 e. The van der Waals surface area contributed by atoms with Crippen LogP contribution in [0.5, 0.6) is 0 Å². The highest BCUT2D eigenvalue weighted by atomic mass is 15.1. The minimum atomic E-state index is 0.667. The second-order valence-corrected chi connectivity index (χ2v) is 6.85. The van der Waals surface area contributed by atoms with Crippen molar-refractivity contribution in [3.8, 4) is 0 Å². The van der Waals surface area contributed by atoms with E-state index in [1.165, 1.54) is 25.9 Å². The van der Waals surface area contributed by atoms with E-state index in [1.54, 1.807) is 6.20 Å². The van der Waals surface area contributed by atoms with Gasteiger partial charge in [0.1, 0.15) is 0 Å². The molecular formula is C21H30N6. The monoisotopic (exact) mass is 366 g/mol. The summed E-state index contributed by atoms with van der Waals surface area (Å²) in [5.74, 6) is 0. The van der Waals surface area contributed by atoms with Crippen molar-refractivity contribution in [3.63, 3.8) is 0 Å². The van der Waals surface area contributed by atoms with E-state index in [0.29, 0.717) is 6.54 Å². The number of hydrogen-bond donors (Lipinski definition) is 3. The Kier molecular flexibility index (Phi) is 7.19. The van der Waals surface area contributed by atoms with Gasteiger partial charge in [0.05, 0.1) is 17.8 Å². The number of para-hydroxylation sites is 1. The molecule has 0 bridgehead atoms. The van der Waals surface area contributed by atoms with Crippen LogP contribution in [-0.2, 0) is 0 Å². The molecule has 0 amide bonds. The number of allylic oxidation sites excluding steroid dienone is 1. The number of aliphatic imine (C=N–C) groups is 1. The van der Waals surface area contributed by atoms with Crippen molar-refractivity contribution in [1.29, 1.82) is 0 Å². The zero-order valence-electron chi connectivity index (χ0n) is 15.9. The molecule has 0 spiro atoms. The lowest BCUT2D eigenvalue weighted by Gasteiger charge is -2.13. The number of aromatic nitrogens is 1. The Hall–Kier alpha value is -2.44. The smallest absolute Gasteiger partial charge is 0.0760 e. The van der Waals surface area contributed by atoms with Gasteiger partial charge in [-0.05, 0) is 51.0 Å². The topological polar surface area (TPSA) is 92.6 Å². The van der Waals surface area contributed by atoms with Crippen LogP contribution in [0.4, 0.5) is 5.69 Å². The average molecular weight is 367 g/mol. The van der Waals surface area contributed by atoms with Gasteiger partial charge in [0.25, 0.3) is 0 Å². The van der Waals surface area contributed by atoms with E-state index in [-0.39, 0.29) is 0 Å². The van der Waals surface area contributed by atoms with Crippen LogP contribution in [0.25, 0.3) is 16.5 Å². The van der Waals surface area contributed by atoms with Gasteiger partial charge in [0.2, 0.25) is 0 Å².